The maximum atomic E-state index is 13.5. The summed E-state index contributed by atoms with van der Waals surface area (Å²) in [7, 11) is -4.26. The summed E-state index contributed by atoms with van der Waals surface area (Å²) in [5.41, 5.74) is 0.200. The fourth-order valence-electron chi connectivity index (χ4n) is 3.17. The van der Waals surface area contributed by atoms with Gasteiger partial charge in [-0.1, -0.05) is 0 Å². The van der Waals surface area contributed by atoms with Crippen LogP contribution >= 0.6 is 0 Å². The van der Waals surface area contributed by atoms with Gasteiger partial charge in [-0.05, 0) is 37.1 Å². The quantitative estimate of drug-likeness (QED) is 0.617. The minimum Gasteiger partial charge on any atom is -0.484 e. The zero-order valence-corrected chi connectivity index (χ0v) is 17.2. The lowest BCUT2D eigenvalue weighted by molar-refractivity contribution is -0.153. The summed E-state index contributed by atoms with van der Waals surface area (Å²) in [6.07, 6.45) is -2.72. The minimum absolute atomic E-state index is 0.0123. The van der Waals surface area contributed by atoms with Gasteiger partial charge in [0.1, 0.15) is 11.8 Å². The molecular weight excluding hydrogens is 461 g/mol. The van der Waals surface area contributed by atoms with Gasteiger partial charge in [0.05, 0.1) is 17.1 Å². The Morgan fingerprint density at radius 2 is 1.94 bits per heavy atom. The van der Waals surface area contributed by atoms with Crippen molar-refractivity contribution in [3.8, 4) is 5.75 Å². The van der Waals surface area contributed by atoms with Gasteiger partial charge in [0.25, 0.3) is 0 Å². The molecule has 0 radical (unpaired) electrons. The monoisotopic (exact) mass is 479 g/mol. The molecule has 0 saturated carbocycles. The molecule has 0 spiro atoms. The fraction of sp³-hybridized carbons (Fsp3) is 0.368. The van der Waals surface area contributed by atoms with Crippen LogP contribution in [0.3, 0.4) is 0 Å². The molecule has 174 valence electrons. The number of aromatic nitrogens is 1. The van der Waals surface area contributed by atoms with E-state index in [1.54, 1.807) is 0 Å². The van der Waals surface area contributed by atoms with Crippen LogP contribution in [0.5, 0.6) is 5.75 Å². The van der Waals surface area contributed by atoms with Gasteiger partial charge in [0.15, 0.2) is 18.2 Å². The van der Waals surface area contributed by atoms with E-state index in [0.717, 1.165) is 10.4 Å². The number of benzene rings is 1. The van der Waals surface area contributed by atoms with Crippen molar-refractivity contribution >= 4 is 15.9 Å². The molecule has 2 heterocycles. The lowest BCUT2D eigenvalue weighted by atomic mass is 10.2. The molecule has 0 unspecified atom stereocenters. The number of nitrogens with zero attached hydrogens (tertiary/aromatic N) is 2. The standard InChI is InChI=1S/C19H18F5N3O4S/c20-15-4-3-14(9-16(15)21)32(29,30)27-7-1-2-17(27)18(28)26-10-12-8-13(5-6-25-12)31-11-19(22,23)24/h3-6,8-9,17H,1-2,7,10-11H2,(H,26,28)/t17-/m0/s1. The second-order valence-electron chi connectivity index (χ2n) is 6.95. The molecular formula is C19H18F5N3O4S. The van der Waals surface area contributed by atoms with Crippen molar-refractivity contribution in [3.63, 3.8) is 0 Å². The van der Waals surface area contributed by atoms with Crippen LogP contribution in [0.15, 0.2) is 41.4 Å². The Bertz CT molecular complexity index is 1090. The topological polar surface area (TPSA) is 88.6 Å². The summed E-state index contributed by atoms with van der Waals surface area (Å²) in [4.78, 5) is 16.1. The van der Waals surface area contributed by atoms with E-state index >= 15 is 0 Å². The van der Waals surface area contributed by atoms with E-state index < -0.39 is 51.3 Å². The molecule has 7 nitrogen and oxygen atoms in total. The Hall–Kier alpha value is -2.80. The molecule has 1 aromatic heterocycles. The van der Waals surface area contributed by atoms with Crippen LogP contribution in [0.25, 0.3) is 0 Å². The van der Waals surface area contributed by atoms with Gasteiger partial charge in [-0.3, -0.25) is 9.78 Å². The Kier molecular flexibility index (Phi) is 6.98. The average Bonchev–Trinajstić information content (AvgIpc) is 3.23. The first-order valence-electron chi connectivity index (χ1n) is 9.36. The number of halogens is 5. The highest BCUT2D eigenvalue weighted by Gasteiger charge is 2.39. The molecule has 1 aliphatic heterocycles. The molecule has 1 amide bonds. The second-order valence-corrected chi connectivity index (χ2v) is 8.84. The van der Waals surface area contributed by atoms with E-state index in [-0.39, 0.29) is 31.0 Å². The van der Waals surface area contributed by atoms with E-state index in [9.17, 15) is 35.2 Å². The molecule has 2 aromatic rings. The van der Waals surface area contributed by atoms with Gasteiger partial charge in [0, 0.05) is 18.8 Å². The number of carbonyl (C=O) groups excluding carboxylic acids is 1. The summed E-state index contributed by atoms with van der Waals surface area (Å²) in [6, 6.07) is 3.51. The Labute approximate surface area is 180 Å². The van der Waals surface area contributed by atoms with Gasteiger partial charge in [-0.2, -0.15) is 17.5 Å². The number of rotatable bonds is 7. The van der Waals surface area contributed by atoms with Crippen LogP contribution in [-0.4, -0.2) is 49.0 Å². The van der Waals surface area contributed by atoms with E-state index in [2.05, 4.69) is 15.0 Å². The molecule has 1 saturated heterocycles. The van der Waals surface area contributed by atoms with Crippen molar-refractivity contribution in [2.45, 2.75) is 36.5 Å². The van der Waals surface area contributed by atoms with Gasteiger partial charge < -0.3 is 10.1 Å². The summed E-state index contributed by atoms with van der Waals surface area (Å²) in [5, 5.41) is 2.50. The predicted octanol–water partition coefficient (Wildman–Crippen LogP) is 2.77. The lowest BCUT2D eigenvalue weighted by Gasteiger charge is -2.23. The second kappa shape index (κ2) is 9.36. The number of carbonyl (C=O) groups is 1. The van der Waals surface area contributed by atoms with Crippen LogP contribution in [0.1, 0.15) is 18.5 Å². The smallest absolute Gasteiger partial charge is 0.422 e. The molecule has 3 rings (SSSR count). The minimum atomic E-state index is -4.51. The number of amides is 1. The van der Waals surface area contributed by atoms with Crippen LogP contribution < -0.4 is 10.1 Å². The molecule has 1 atom stereocenters. The van der Waals surface area contributed by atoms with Crippen LogP contribution in [0.2, 0.25) is 0 Å². The number of sulfonamides is 1. The van der Waals surface area contributed by atoms with E-state index in [0.29, 0.717) is 18.6 Å². The molecule has 0 bridgehead atoms. The largest absolute Gasteiger partial charge is 0.484 e. The van der Waals surface area contributed by atoms with Gasteiger partial charge in [0.2, 0.25) is 15.9 Å². The van der Waals surface area contributed by atoms with Crippen molar-refractivity contribution in [1.29, 1.82) is 0 Å². The third-order valence-corrected chi connectivity index (χ3v) is 6.54. The number of ether oxygens (including phenoxy) is 1. The number of alkyl halides is 3. The van der Waals surface area contributed by atoms with Crippen molar-refractivity contribution < 1.29 is 39.9 Å². The highest BCUT2D eigenvalue weighted by atomic mass is 32.2. The van der Waals surface area contributed by atoms with Gasteiger partial charge >= 0.3 is 6.18 Å². The highest BCUT2D eigenvalue weighted by Crippen LogP contribution is 2.27. The van der Waals surface area contributed by atoms with E-state index in [4.69, 9.17) is 0 Å². The van der Waals surface area contributed by atoms with Gasteiger partial charge in [-0.15, -0.1) is 0 Å². The number of hydrogen-bond donors (Lipinski definition) is 1. The summed E-state index contributed by atoms with van der Waals surface area (Å²) < 4.78 is 94.6. The molecule has 1 aliphatic rings. The number of nitrogens with one attached hydrogen (secondary N) is 1. The summed E-state index contributed by atoms with van der Waals surface area (Å²) in [6.45, 7) is -1.66. The molecule has 1 N–H and O–H groups in total. The third kappa shape index (κ3) is 5.71. The zero-order valence-electron chi connectivity index (χ0n) is 16.4. The van der Waals surface area contributed by atoms with Crippen molar-refractivity contribution in [2.24, 2.45) is 0 Å². The number of hydrogen-bond acceptors (Lipinski definition) is 5. The first-order chi connectivity index (χ1) is 15.0. The third-order valence-electron chi connectivity index (χ3n) is 4.64. The van der Waals surface area contributed by atoms with Crippen molar-refractivity contribution in [2.75, 3.05) is 13.2 Å². The van der Waals surface area contributed by atoms with Crippen molar-refractivity contribution in [3.05, 3.63) is 53.9 Å². The SMILES string of the molecule is O=C(NCc1cc(OCC(F)(F)F)ccn1)[C@@H]1CCCN1S(=O)(=O)c1ccc(F)c(F)c1. The van der Waals surface area contributed by atoms with Gasteiger partial charge in [-0.25, -0.2) is 17.2 Å². The molecule has 0 aliphatic carbocycles. The predicted molar refractivity (Wildman–Crippen MR) is 101 cm³/mol. The fourth-order valence-corrected chi connectivity index (χ4v) is 4.83. The highest BCUT2D eigenvalue weighted by molar-refractivity contribution is 7.89. The first-order valence-corrected chi connectivity index (χ1v) is 10.8. The molecule has 32 heavy (non-hydrogen) atoms. The zero-order chi connectivity index (χ0) is 23.5. The van der Waals surface area contributed by atoms with E-state index in [1.165, 1.54) is 18.3 Å². The summed E-state index contributed by atoms with van der Waals surface area (Å²) in [5.74, 6) is -3.28. The van der Waals surface area contributed by atoms with Crippen molar-refractivity contribution in [1.82, 2.24) is 14.6 Å². The first kappa shape index (κ1) is 23.9. The van der Waals surface area contributed by atoms with Crippen LogP contribution in [0, 0.1) is 11.6 Å². The van der Waals surface area contributed by atoms with Crippen LogP contribution in [0.4, 0.5) is 22.0 Å². The number of pyridine rings is 1. The average molecular weight is 479 g/mol. The molecule has 1 fully saturated rings. The summed E-state index contributed by atoms with van der Waals surface area (Å²) >= 11 is 0. The molecule has 13 heteroatoms. The maximum absolute atomic E-state index is 13.5. The normalized spacial score (nSPS) is 17.3. The lowest BCUT2D eigenvalue weighted by Crippen LogP contribution is -2.45. The molecule has 1 aromatic carbocycles. The Balaban J connectivity index is 1.67. The van der Waals surface area contributed by atoms with E-state index in [1.807, 2.05) is 0 Å². The van der Waals surface area contributed by atoms with Crippen LogP contribution in [-0.2, 0) is 21.4 Å². The Morgan fingerprint density at radius 1 is 1.19 bits per heavy atom. The maximum Gasteiger partial charge on any atom is 0.422 e. The Morgan fingerprint density at radius 3 is 2.62 bits per heavy atom.